The van der Waals surface area contributed by atoms with Crippen molar-refractivity contribution in [2.24, 2.45) is 0 Å². The Balaban J connectivity index is 2.17. The van der Waals surface area contributed by atoms with E-state index in [9.17, 15) is 27.6 Å². The fourth-order valence-electron chi connectivity index (χ4n) is 2.22. The first-order chi connectivity index (χ1) is 12.2. The van der Waals surface area contributed by atoms with Crippen molar-refractivity contribution in [1.82, 2.24) is 0 Å². The zero-order chi connectivity index (χ0) is 19.4. The molecule has 0 aliphatic rings. The number of rotatable bonds is 5. The van der Waals surface area contributed by atoms with Crippen LogP contribution in [0.3, 0.4) is 0 Å². The highest BCUT2D eigenvalue weighted by molar-refractivity contribution is 6.02. The van der Waals surface area contributed by atoms with Crippen molar-refractivity contribution in [2.45, 2.75) is 13.8 Å². The van der Waals surface area contributed by atoms with E-state index in [1.54, 1.807) is 0 Å². The second-order valence-corrected chi connectivity index (χ2v) is 5.48. The molecule has 0 radical (unpaired) electrons. The standard InChI is InChI=1S/C18H15F3N2O3/c1-10(24)12-3-5-13(6-4-12)23(11(2)25)9-16(26)22-15-8-7-14(19)17(20)18(15)21/h3-8H,9H2,1-2H3,(H,22,26). The van der Waals surface area contributed by atoms with Gasteiger partial charge in [0, 0.05) is 18.2 Å². The van der Waals surface area contributed by atoms with Gasteiger partial charge < -0.3 is 10.2 Å². The molecule has 0 bridgehead atoms. The molecule has 0 spiro atoms. The van der Waals surface area contributed by atoms with Crippen molar-refractivity contribution in [3.8, 4) is 0 Å². The van der Waals surface area contributed by atoms with E-state index >= 15 is 0 Å². The van der Waals surface area contributed by atoms with Crippen molar-refractivity contribution in [3.05, 3.63) is 59.4 Å². The number of anilines is 2. The van der Waals surface area contributed by atoms with Crippen molar-refractivity contribution in [1.29, 1.82) is 0 Å². The predicted molar refractivity (Wildman–Crippen MR) is 89.4 cm³/mol. The van der Waals surface area contributed by atoms with Crippen molar-refractivity contribution < 1.29 is 27.6 Å². The van der Waals surface area contributed by atoms with Gasteiger partial charge in [-0.1, -0.05) is 0 Å². The fourth-order valence-corrected chi connectivity index (χ4v) is 2.22. The average molecular weight is 364 g/mol. The second-order valence-electron chi connectivity index (χ2n) is 5.48. The maximum absolute atomic E-state index is 13.6. The van der Waals surface area contributed by atoms with E-state index in [1.807, 2.05) is 0 Å². The normalized spacial score (nSPS) is 10.3. The minimum Gasteiger partial charge on any atom is -0.322 e. The maximum Gasteiger partial charge on any atom is 0.244 e. The molecule has 2 aromatic rings. The van der Waals surface area contributed by atoms with Gasteiger partial charge in [-0.05, 0) is 43.3 Å². The van der Waals surface area contributed by atoms with Crippen LogP contribution < -0.4 is 10.2 Å². The minimum absolute atomic E-state index is 0.155. The van der Waals surface area contributed by atoms with E-state index in [1.165, 1.54) is 38.1 Å². The van der Waals surface area contributed by atoms with E-state index in [2.05, 4.69) is 5.32 Å². The lowest BCUT2D eigenvalue weighted by Gasteiger charge is -2.21. The summed E-state index contributed by atoms with van der Waals surface area (Å²) >= 11 is 0. The molecular weight excluding hydrogens is 349 g/mol. The van der Waals surface area contributed by atoms with Gasteiger partial charge >= 0.3 is 0 Å². The minimum atomic E-state index is -1.70. The average Bonchev–Trinajstić information content (AvgIpc) is 2.60. The van der Waals surface area contributed by atoms with E-state index in [0.717, 1.165) is 11.0 Å². The summed E-state index contributed by atoms with van der Waals surface area (Å²) in [6, 6.07) is 7.54. The van der Waals surface area contributed by atoms with Crippen LogP contribution in [0.5, 0.6) is 0 Å². The molecule has 0 aliphatic carbocycles. The molecular formula is C18H15F3N2O3. The van der Waals surface area contributed by atoms with Crippen molar-refractivity contribution in [3.63, 3.8) is 0 Å². The molecule has 0 heterocycles. The van der Waals surface area contributed by atoms with Crippen LogP contribution in [0.2, 0.25) is 0 Å². The molecule has 8 heteroatoms. The molecule has 0 saturated carbocycles. The molecule has 0 aromatic heterocycles. The van der Waals surface area contributed by atoms with Crippen LogP contribution in [0.1, 0.15) is 24.2 Å². The summed E-state index contributed by atoms with van der Waals surface area (Å²) in [7, 11) is 0. The summed E-state index contributed by atoms with van der Waals surface area (Å²) in [6.45, 7) is 2.14. The third-order valence-corrected chi connectivity index (χ3v) is 3.58. The lowest BCUT2D eigenvalue weighted by molar-refractivity contribution is -0.120. The van der Waals surface area contributed by atoms with Gasteiger partial charge in [-0.2, -0.15) is 0 Å². The van der Waals surface area contributed by atoms with Gasteiger partial charge in [-0.3, -0.25) is 14.4 Å². The lowest BCUT2D eigenvalue weighted by atomic mass is 10.1. The number of Topliss-reactive ketones (excluding diaryl/α,β-unsaturated/α-hetero) is 1. The van der Waals surface area contributed by atoms with Gasteiger partial charge in [0.1, 0.15) is 6.54 Å². The Bertz CT molecular complexity index is 867. The molecule has 0 atom stereocenters. The van der Waals surface area contributed by atoms with E-state index < -0.39 is 41.5 Å². The summed E-state index contributed by atoms with van der Waals surface area (Å²) in [5.41, 5.74) is 0.248. The number of ketones is 1. The molecule has 26 heavy (non-hydrogen) atoms. The van der Waals surface area contributed by atoms with Crippen molar-refractivity contribution >= 4 is 29.0 Å². The number of halogens is 3. The zero-order valence-electron chi connectivity index (χ0n) is 14.0. The molecule has 1 N–H and O–H groups in total. The first kappa shape index (κ1) is 19.2. The van der Waals surface area contributed by atoms with E-state index in [4.69, 9.17) is 0 Å². The summed E-state index contributed by atoms with van der Waals surface area (Å²) in [6.07, 6.45) is 0. The highest BCUT2D eigenvalue weighted by atomic mass is 19.2. The van der Waals surface area contributed by atoms with Gasteiger partial charge in [-0.15, -0.1) is 0 Å². The number of carbonyl (C=O) groups excluding carboxylic acids is 3. The molecule has 0 aliphatic heterocycles. The number of benzene rings is 2. The number of hydrogen-bond donors (Lipinski definition) is 1. The Kier molecular flexibility index (Phi) is 5.76. The summed E-state index contributed by atoms with van der Waals surface area (Å²) in [4.78, 5) is 36.3. The predicted octanol–water partition coefficient (Wildman–Crippen LogP) is 3.30. The van der Waals surface area contributed by atoms with E-state index in [0.29, 0.717) is 17.3 Å². The number of amides is 2. The molecule has 0 unspecified atom stereocenters. The molecule has 136 valence electrons. The quantitative estimate of drug-likeness (QED) is 0.654. The Morgan fingerprint density at radius 3 is 2.08 bits per heavy atom. The van der Waals surface area contributed by atoms with Gasteiger partial charge in [0.05, 0.1) is 5.69 Å². The van der Waals surface area contributed by atoms with E-state index in [-0.39, 0.29) is 5.78 Å². The topological polar surface area (TPSA) is 66.5 Å². The lowest BCUT2D eigenvalue weighted by Crippen LogP contribution is -2.36. The highest BCUT2D eigenvalue weighted by Gasteiger charge is 2.19. The summed E-state index contributed by atoms with van der Waals surface area (Å²) in [5, 5.41) is 2.09. The first-order valence-corrected chi connectivity index (χ1v) is 7.53. The molecule has 5 nitrogen and oxygen atoms in total. The van der Waals surface area contributed by atoms with Gasteiger partial charge in [0.15, 0.2) is 23.2 Å². The van der Waals surface area contributed by atoms with Crippen LogP contribution in [0.4, 0.5) is 24.5 Å². The summed E-state index contributed by atoms with van der Waals surface area (Å²) in [5.74, 6) is -6.04. The van der Waals surface area contributed by atoms with Crippen LogP contribution in [0, 0.1) is 17.5 Å². The number of nitrogens with zero attached hydrogens (tertiary/aromatic N) is 1. The SMILES string of the molecule is CC(=O)c1ccc(N(CC(=O)Nc2ccc(F)c(F)c2F)C(C)=O)cc1. The number of nitrogens with one attached hydrogen (secondary N) is 1. The van der Waals surface area contributed by atoms with Gasteiger partial charge in [0.2, 0.25) is 11.8 Å². The highest BCUT2D eigenvalue weighted by Crippen LogP contribution is 2.20. The van der Waals surface area contributed by atoms with Crippen LogP contribution in [0.25, 0.3) is 0 Å². The molecule has 0 fully saturated rings. The third-order valence-electron chi connectivity index (χ3n) is 3.58. The molecule has 2 rings (SSSR count). The Hall–Kier alpha value is -3.16. The first-order valence-electron chi connectivity index (χ1n) is 7.53. The van der Waals surface area contributed by atoms with Crippen LogP contribution in [-0.2, 0) is 9.59 Å². The second kappa shape index (κ2) is 7.81. The fraction of sp³-hybridized carbons (Fsp3) is 0.167. The molecule has 2 amide bonds. The molecule has 0 saturated heterocycles. The number of carbonyl (C=O) groups is 3. The van der Waals surface area contributed by atoms with Gasteiger partial charge in [0.25, 0.3) is 0 Å². The smallest absolute Gasteiger partial charge is 0.244 e. The Morgan fingerprint density at radius 1 is 0.923 bits per heavy atom. The summed E-state index contributed by atoms with van der Waals surface area (Å²) < 4.78 is 39.7. The number of hydrogen-bond acceptors (Lipinski definition) is 3. The van der Waals surface area contributed by atoms with Crippen LogP contribution in [-0.4, -0.2) is 24.1 Å². The zero-order valence-corrected chi connectivity index (χ0v) is 14.0. The van der Waals surface area contributed by atoms with Crippen molar-refractivity contribution in [2.75, 3.05) is 16.8 Å². The Labute approximate surface area is 147 Å². The largest absolute Gasteiger partial charge is 0.322 e. The van der Waals surface area contributed by atoms with Gasteiger partial charge in [-0.25, -0.2) is 13.2 Å². The van der Waals surface area contributed by atoms with Crippen LogP contribution >= 0.6 is 0 Å². The molecule has 2 aromatic carbocycles. The Morgan fingerprint density at radius 2 is 1.54 bits per heavy atom. The monoisotopic (exact) mass is 364 g/mol. The third kappa shape index (κ3) is 4.27. The van der Waals surface area contributed by atoms with Crippen LogP contribution in [0.15, 0.2) is 36.4 Å². The maximum atomic E-state index is 13.6.